The van der Waals surface area contributed by atoms with Crippen LogP contribution in [0, 0.1) is 5.92 Å². The highest BCUT2D eigenvalue weighted by Crippen LogP contribution is 2.36. The van der Waals surface area contributed by atoms with Gasteiger partial charge >= 0.3 is 5.97 Å². The second-order valence-electron chi connectivity index (χ2n) is 5.51. The zero-order valence-electron chi connectivity index (χ0n) is 13.1. The van der Waals surface area contributed by atoms with E-state index in [9.17, 15) is 15.0 Å². The molecule has 24 heavy (non-hydrogen) atoms. The van der Waals surface area contributed by atoms with Gasteiger partial charge in [-0.05, 0) is 6.42 Å². The molecule has 130 valence electrons. The highest BCUT2D eigenvalue weighted by atomic mass is 16.6. The Kier molecular flexibility index (Phi) is 4.60. The van der Waals surface area contributed by atoms with Gasteiger partial charge in [-0.15, -0.1) is 0 Å². The summed E-state index contributed by atoms with van der Waals surface area (Å²) in [6.45, 7) is 1.68. The maximum atomic E-state index is 12.2. The predicted octanol–water partition coefficient (Wildman–Crippen LogP) is -0.771. The molecular weight excluding hydrogens is 318 g/mol. The van der Waals surface area contributed by atoms with E-state index in [1.54, 1.807) is 0 Å². The van der Waals surface area contributed by atoms with Crippen LogP contribution < -0.4 is 5.73 Å². The van der Waals surface area contributed by atoms with Crippen molar-refractivity contribution in [2.24, 2.45) is 5.92 Å². The zero-order valence-corrected chi connectivity index (χ0v) is 13.1. The van der Waals surface area contributed by atoms with Crippen molar-refractivity contribution in [2.75, 3.05) is 18.9 Å². The van der Waals surface area contributed by atoms with Gasteiger partial charge in [-0.1, -0.05) is 6.92 Å². The van der Waals surface area contributed by atoms with Crippen LogP contribution in [0.3, 0.4) is 0 Å². The van der Waals surface area contributed by atoms with Crippen molar-refractivity contribution in [3.63, 3.8) is 0 Å². The number of fused-ring (bicyclic) bond motifs is 1. The number of rotatable bonds is 5. The van der Waals surface area contributed by atoms with E-state index >= 15 is 0 Å². The molecule has 10 nitrogen and oxygen atoms in total. The Labute approximate surface area is 137 Å². The Balaban J connectivity index is 1.91. The van der Waals surface area contributed by atoms with E-state index in [4.69, 9.17) is 15.2 Å². The molecule has 1 aliphatic heterocycles. The van der Waals surface area contributed by atoms with Crippen molar-refractivity contribution < 1.29 is 24.5 Å². The third kappa shape index (κ3) is 2.68. The molecule has 1 aliphatic rings. The van der Waals surface area contributed by atoms with E-state index in [2.05, 4.69) is 15.0 Å². The smallest absolute Gasteiger partial charge is 0.314 e. The summed E-state index contributed by atoms with van der Waals surface area (Å²) in [6.07, 6.45) is 0.280. The fourth-order valence-corrected chi connectivity index (χ4v) is 2.77. The van der Waals surface area contributed by atoms with Gasteiger partial charge in [0, 0.05) is 0 Å². The molecule has 4 N–H and O–H groups in total. The lowest BCUT2D eigenvalue weighted by Gasteiger charge is -2.18. The van der Waals surface area contributed by atoms with E-state index in [-0.39, 0.29) is 12.4 Å². The minimum Gasteiger partial charge on any atom is -0.465 e. The molecule has 0 aliphatic carbocycles. The Bertz CT molecular complexity index is 735. The monoisotopic (exact) mass is 337 g/mol. The summed E-state index contributed by atoms with van der Waals surface area (Å²) in [5.41, 5.74) is 6.48. The van der Waals surface area contributed by atoms with Crippen LogP contribution in [-0.2, 0) is 14.3 Å². The molecule has 2 aromatic heterocycles. The largest absolute Gasteiger partial charge is 0.465 e. The molecule has 0 spiro atoms. The number of imidazole rings is 1. The Hall–Kier alpha value is -2.30. The fraction of sp³-hybridized carbons (Fsp3) is 0.571. The number of hydrogen-bond donors (Lipinski definition) is 3. The summed E-state index contributed by atoms with van der Waals surface area (Å²) >= 11 is 0. The van der Waals surface area contributed by atoms with Gasteiger partial charge in [-0.2, -0.15) is 0 Å². The van der Waals surface area contributed by atoms with Crippen LogP contribution in [0.15, 0.2) is 12.7 Å². The van der Waals surface area contributed by atoms with Gasteiger partial charge in [0.15, 0.2) is 17.7 Å². The van der Waals surface area contributed by atoms with Gasteiger partial charge in [0.1, 0.15) is 23.9 Å². The van der Waals surface area contributed by atoms with Crippen molar-refractivity contribution in [1.82, 2.24) is 19.5 Å². The molecule has 4 atom stereocenters. The van der Waals surface area contributed by atoms with Gasteiger partial charge in [-0.25, -0.2) is 15.0 Å². The lowest BCUT2D eigenvalue weighted by molar-refractivity contribution is -0.153. The Morgan fingerprint density at radius 2 is 2.25 bits per heavy atom. The van der Waals surface area contributed by atoms with Crippen molar-refractivity contribution in [3.8, 4) is 0 Å². The first kappa shape index (κ1) is 16.6. The molecule has 10 heteroatoms. The predicted molar refractivity (Wildman–Crippen MR) is 81.5 cm³/mol. The molecule has 0 radical (unpaired) electrons. The molecule has 1 unspecified atom stereocenters. The van der Waals surface area contributed by atoms with Crippen molar-refractivity contribution in [2.45, 2.75) is 31.8 Å². The summed E-state index contributed by atoms with van der Waals surface area (Å²) in [5, 5.41) is 20.0. The van der Waals surface area contributed by atoms with E-state index in [1.807, 2.05) is 6.92 Å². The second kappa shape index (κ2) is 6.67. The molecule has 0 saturated carbocycles. The van der Waals surface area contributed by atoms with Crippen molar-refractivity contribution in [1.29, 1.82) is 0 Å². The molecular formula is C14H19N5O5. The molecule has 0 aromatic carbocycles. The third-order valence-electron chi connectivity index (χ3n) is 3.94. The summed E-state index contributed by atoms with van der Waals surface area (Å²) in [6, 6.07) is 0. The van der Waals surface area contributed by atoms with E-state index in [0.717, 1.165) is 0 Å². The van der Waals surface area contributed by atoms with Crippen LogP contribution in [0.1, 0.15) is 19.6 Å². The summed E-state index contributed by atoms with van der Waals surface area (Å²) in [4.78, 5) is 24.2. The first-order valence-electron chi connectivity index (χ1n) is 7.62. The van der Waals surface area contributed by atoms with Gasteiger partial charge in [0.2, 0.25) is 0 Å². The highest BCUT2D eigenvalue weighted by molar-refractivity contribution is 5.81. The van der Waals surface area contributed by atoms with Gasteiger partial charge in [0.05, 0.1) is 25.6 Å². The number of hydrogen-bond acceptors (Lipinski definition) is 9. The van der Waals surface area contributed by atoms with Crippen molar-refractivity contribution in [3.05, 3.63) is 12.7 Å². The molecule has 2 aromatic rings. The lowest BCUT2D eigenvalue weighted by Crippen LogP contribution is -2.36. The number of aliphatic hydroxyl groups is 2. The maximum Gasteiger partial charge on any atom is 0.314 e. The van der Waals surface area contributed by atoms with Gasteiger partial charge in [-0.3, -0.25) is 9.36 Å². The first-order chi connectivity index (χ1) is 11.6. The summed E-state index contributed by atoms with van der Waals surface area (Å²) in [5.74, 6) is -1.41. The number of nitrogens with two attached hydrogens (primary N) is 1. The topological polar surface area (TPSA) is 146 Å². The quantitative estimate of drug-likeness (QED) is 0.598. The molecule has 3 heterocycles. The summed E-state index contributed by atoms with van der Waals surface area (Å²) < 4.78 is 12.2. The average Bonchev–Trinajstić information content (AvgIpc) is 3.14. The first-order valence-corrected chi connectivity index (χ1v) is 7.62. The Morgan fingerprint density at radius 1 is 1.46 bits per heavy atom. The number of ether oxygens (including phenoxy) is 2. The van der Waals surface area contributed by atoms with E-state index < -0.39 is 36.9 Å². The van der Waals surface area contributed by atoms with Gasteiger partial charge in [0.25, 0.3) is 0 Å². The Morgan fingerprint density at radius 3 is 2.96 bits per heavy atom. The zero-order chi connectivity index (χ0) is 17.3. The molecule has 1 fully saturated rings. The highest BCUT2D eigenvalue weighted by Gasteiger charge is 2.49. The van der Waals surface area contributed by atoms with Crippen LogP contribution in [0.4, 0.5) is 5.82 Å². The average molecular weight is 337 g/mol. The second-order valence-corrected chi connectivity index (χ2v) is 5.51. The van der Waals surface area contributed by atoms with Crippen LogP contribution in [0.5, 0.6) is 0 Å². The number of nitrogen functional groups attached to an aromatic ring is 1. The van der Waals surface area contributed by atoms with Crippen LogP contribution in [0.2, 0.25) is 0 Å². The number of aromatic nitrogens is 4. The van der Waals surface area contributed by atoms with Gasteiger partial charge < -0.3 is 25.4 Å². The van der Waals surface area contributed by atoms with Crippen molar-refractivity contribution >= 4 is 23.0 Å². The number of nitrogens with zero attached hydrogens (tertiary/aromatic N) is 4. The van der Waals surface area contributed by atoms with Crippen LogP contribution in [-0.4, -0.2) is 61.1 Å². The number of anilines is 1. The lowest BCUT2D eigenvalue weighted by atomic mass is 9.98. The third-order valence-corrected chi connectivity index (χ3v) is 3.94. The maximum absolute atomic E-state index is 12.2. The standard InChI is InChI=1S/C14H19N5O5/c1-2-3-23-14(22)8-7(4-20)24-13(10(8)21)19-6-18-9-11(15)16-5-17-12(9)19/h5-8,10,13,20-21H,2-4H2,1H3,(H2,15,16,17)/t7-,8-,10-,13?/m1/s1. The number of aliphatic hydroxyl groups excluding tert-OH is 2. The van der Waals surface area contributed by atoms with Crippen LogP contribution in [0.25, 0.3) is 11.2 Å². The normalized spacial score (nSPS) is 26.8. The minimum atomic E-state index is -1.22. The van der Waals surface area contributed by atoms with E-state index in [0.29, 0.717) is 17.6 Å². The number of esters is 1. The molecule has 1 saturated heterocycles. The van der Waals surface area contributed by atoms with Crippen LogP contribution >= 0.6 is 0 Å². The number of carbonyl (C=O) groups excluding carboxylic acids is 1. The molecule has 0 bridgehead atoms. The summed E-state index contributed by atoms with van der Waals surface area (Å²) in [7, 11) is 0. The fourth-order valence-electron chi connectivity index (χ4n) is 2.77. The molecule has 3 rings (SSSR count). The number of carbonyl (C=O) groups is 1. The van der Waals surface area contributed by atoms with E-state index in [1.165, 1.54) is 17.2 Å². The molecule has 0 amide bonds. The SMILES string of the molecule is CCCOC(=O)[C@@H]1[C@@H](CO)OC(n2cnc3c(N)ncnc32)[C@@H]1O. The minimum absolute atomic E-state index is 0.198.